The van der Waals surface area contributed by atoms with Gasteiger partial charge in [-0.1, -0.05) is 24.3 Å². The highest BCUT2D eigenvalue weighted by atomic mass is 19.1. The Hall–Kier alpha value is -2.36. The number of rotatable bonds is 4. The van der Waals surface area contributed by atoms with Crippen LogP contribution in [0, 0.1) is 5.82 Å². The zero-order valence-corrected chi connectivity index (χ0v) is 9.69. The molecule has 1 amide bonds. The Morgan fingerprint density at radius 3 is 2.67 bits per heavy atom. The zero-order valence-electron chi connectivity index (χ0n) is 9.69. The lowest BCUT2D eigenvalue weighted by Crippen LogP contribution is -2.15. The lowest BCUT2D eigenvalue weighted by molar-refractivity contribution is 0.0999. The second kappa shape index (κ2) is 5.31. The van der Waals surface area contributed by atoms with E-state index < -0.39 is 5.91 Å². The molecule has 2 aromatic carbocycles. The highest BCUT2D eigenvalue weighted by molar-refractivity contribution is 5.94. The van der Waals surface area contributed by atoms with Crippen LogP contribution in [0.5, 0.6) is 0 Å². The molecule has 0 aliphatic heterocycles. The van der Waals surface area contributed by atoms with Crippen LogP contribution in [-0.4, -0.2) is 5.91 Å². The summed E-state index contributed by atoms with van der Waals surface area (Å²) in [6.07, 6.45) is 0. The maximum atomic E-state index is 13.0. The highest BCUT2D eigenvalue weighted by Gasteiger charge is 2.06. The molecule has 3 N–H and O–H groups in total. The fourth-order valence-electron chi connectivity index (χ4n) is 1.71. The van der Waals surface area contributed by atoms with Crippen LogP contribution in [0.25, 0.3) is 0 Å². The second-order valence-electron chi connectivity index (χ2n) is 3.89. The molecule has 0 aliphatic rings. The number of hydrogen-bond donors (Lipinski definition) is 2. The molecule has 0 spiro atoms. The Morgan fingerprint density at radius 1 is 1.17 bits per heavy atom. The van der Waals surface area contributed by atoms with Crippen molar-refractivity contribution >= 4 is 11.6 Å². The third kappa shape index (κ3) is 2.85. The van der Waals surface area contributed by atoms with Gasteiger partial charge < -0.3 is 11.1 Å². The number of anilines is 1. The first kappa shape index (κ1) is 12.1. The largest absolute Gasteiger partial charge is 0.381 e. The molecule has 0 aromatic heterocycles. The lowest BCUT2D eigenvalue weighted by Gasteiger charge is -2.09. The molecule has 0 fully saturated rings. The van der Waals surface area contributed by atoms with E-state index in [1.165, 1.54) is 12.1 Å². The Labute approximate surface area is 104 Å². The summed E-state index contributed by atoms with van der Waals surface area (Å²) in [5.41, 5.74) is 7.20. The van der Waals surface area contributed by atoms with Gasteiger partial charge in [-0.2, -0.15) is 0 Å². The molecule has 92 valence electrons. The zero-order chi connectivity index (χ0) is 13.0. The molecule has 0 saturated heterocycles. The fourth-order valence-corrected chi connectivity index (χ4v) is 1.71. The van der Waals surface area contributed by atoms with Gasteiger partial charge in [0, 0.05) is 17.8 Å². The van der Waals surface area contributed by atoms with Crippen LogP contribution in [0.3, 0.4) is 0 Å². The number of nitrogens with one attached hydrogen (secondary N) is 1. The van der Waals surface area contributed by atoms with Crippen LogP contribution in [0.15, 0.2) is 48.5 Å². The summed E-state index contributed by atoms with van der Waals surface area (Å²) in [6.45, 7) is 0.419. The summed E-state index contributed by atoms with van der Waals surface area (Å²) in [5, 5.41) is 3.05. The van der Waals surface area contributed by atoms with Gasteiger partial charge in [0.1, 0.15) is 5.82 Å². The van der Waals surface area contributed by atoms with Crippen LogP contribution in [0.2, 0.25) is 0 Å². The molecule has 4 heteroatoms. The van der Waals surface area contributed by atoms with Gasteiger partial charge in [0.05, 0.1) is 0 Å². The summed E-state index contributed by atoms with van der Waals surface area (Å²) in [7, 11) is 0. The molecule has 0 unspecified atom stereocenters. The van der Waals surface area contributed by atoms with Crippen LogP contribution < -0.4 is 11.1 Å². The summed E-state index contributed by atoms with van der Waals surface area (Å²) in [6, 6.07) is 13.2. The highest BCUT2D eigenvalue weighted by Crippen LogP contribution is 2.13. The van der Waals surface area contributed by atoms with Crippen molar-refractivity contribution in [1.82, 2.24) is 0 Å². The number of halogens is 1. The van der Waals surface area contributed by atoms with Crippen molar-refractivity contribution < 1.29 is 9.18 Å². The van der Waals surface area contributed by atoms with E-state index in [-0.39, 0.29) is 5.82 Å². The molecule has 2 rings (SSSR count). The van der Waals surface area contributed by atoms with Gasteiger partial charge in [0.2, 0.25) is 5.91 Å². The number of benzene rings is 2. The van der Waals surface area contributed by atoms with E-state index in [0.717, 1.165) is 5.56 Å². The Morgan fingerprint density at radius 2 is 1.94 bits per heavy atom. The summed E-state index contributed by atoms with van der Waals surface area (Å²) in [4.78, 5) is 11.2. The fraction of sp³-hybridized carbons (Fsp3) is 0.0714. The molecule has 0 bridgehead atoms. The Bertz CT molecular complexity index is 569. The summed E-state index contributed by atoms with van der Waals surface area (Å²) < 4.78 is 13.0. The summed E-state index contributed by atoms with van der Waals surface area (Å²) >= 11 is 0. The van der Waals surface area contributed by atoms with Gasteiger partial charge >= 0.3 is 0 Å². The van der Waals surface area contributed by atoms with E-state index in [2.05, 4.69) is 5.32 Å². The molecule has 18 heavy (non-hydrogen) atoms. The minimum Gasteiger partial charge on any atom is -0.381 e. The number of amides is 1. The predicted molar refractivity (Wildman–Crippen MR) is 68.7 cm³/mol. The third-order valence-corrected chi connectivity index (χ3v) is 2.59. The van der Waals surface area contributed by atoms with Crippen molar-refractivity contribution in [2.75, 3.05) is 5.32 Å². The van der Waals surface area contributed by atoms with Gasteiger partial charge in [0.25, 0.3) is 0 Å². The maximum Gasteiger partial charge on any atom is 0.249 e. The normalized spacial score (nSPS) is 10.1. The lowest BCUT2D eigenvalue weighted by atomic mass is 10.1. The first-order valence-corrected chi connectivity index (χ1v) is 5.54. The number of hydrogen-bond acceptors (Lipinski definition) is 2. The monoisotopic (exact) mass is 244 g/mol. The minimum absolute atomic E-state index is 0.303. The van der Waals surface area contributed by atoms with Crippen LogP contribution in [0.1, 0.15) is 15.9 Å². The van der Waals surface area contributed by atoms with Gasteiger partial charge in [-0.15, -0.1) is 0 Å². The molecule has 3 nitrogen and oxygen atoms in total. The van der Waals surface area contributed by atoms with Crippen LogP contribution in [0.4, 0.5) is 10.1 Å². The average molecular weight is 244 g/mol. The molecule has 0 radical (unpaired) electrons. The molecule has 2 aromatic rings. The van der Waals surface area contributed by atoms with E-state index in [1.807, 2.05) is 12.1 Å². The third-order valence-electron chi connectivity index (χ3n) is 2.59. The molecule has 0 heterocycles. The number of primary amides is 1. The van der Waals surface area contributed by atoms with Gasteiger partial charge in [0.15, 0.2) is 0 Å². The van der Waals surface area contributed by atoms with Crippen LogP contribution >= 0.6 is 0 Å². The maximum absolute atomic E-state index is 13.0. The molecule has 0 saturated carbocycles. The van der Waals surface area contributed by atoms with Gasteiger partial charge in [-0.25, -0.2) is 4.39 Å². The van der Waals surface area contributed by atoms with Gasteiger partial charge in [-0.3, -0.25) is 4.79 Å². The topological polar surface area (TPSA) is 55.1 Å². The van der Waals surface area contributed by atoms with E-state index >= 15 is 0 Å². The first-order chi connectivity index (χ1) is 8.66. The molecule has 0 atom stereocenters. The first-order valence-electron chi connectivity index (χ1n) is 5.54. The average Bonchev–Trinajstić information content (AvgIpc) is 2.37. The number of nitrogens with two attached hydrogens (primary N) is 1. The van der Waals surface area contributed by atoms with E-state index in [0.29, 0.717) is 17.8 Å². The summed E-state index contributed by atoms with van der Waals surface area (Å²) in [5.74, 6) is -0.769. The number of carbonyl (C=O) groups is 1. The van der Waals surface area contributed by atoms with E-state index in [4.69, 9.17) is 5.73 Å². The smallest absolute Gasteiger partial charge is 0.249 e. The van der Waals surface area contributed by atoms with Crippen molar-refractivity contribution in [1.29, 1.82) is 0 Å². The van der Waals surface area contributed by atoms with E-state index in [9.17, 15) is 9.18 Å². The van der Waals surface area contributed by atoms with Gasteiger partial charge in [-0.05, 0) is 29.8 Å². The minimum atomic E-state index is -0.466. The predicted octanol–water partition coefficient (Wildman–Crippen LogP) is 2.54. The molecular weight excluding hydrogens is 231 g/mol. The van der Waals surface area contributed by atoms with E-state index in [1.54, 1.807) is 24.3 Å². The molecular formula is C14H13FN2O. The Kier molecular flexibility index (Phi) is 3.57. The van der Waals surface area contributed by atoms with Crippen molar-refractivity contribution in [3.05, 3.63) is 65.5 Å². The van der Waals surface area contributed by atoms with Crippen molar-refractivity contribution in [3.63, 3.8) is 0 Å². The van der Waals surface area contributed by atoms with Crippen LogP contribution in [-0.2, 0) is 6.54 Å². The van der Waals surface area contributed by atoms with Crippen molar-refractivity contribution in [2.45, 2.75) is 6.54 Å². The SMILES string of the molecule is NC(=O)c1ccccc1CNc1cccc(F)c1. The Balaban J connectivity index is 2.13. The number of carbonyl (C=O) groups excluding carboxylic acids is 1. The second-order valence-corrected chi connectivity index (χ2v) is 3.89. The van der Waals surface area contributed by atoms with Crippen molar-refractivity contribution in [3.8, 4) is 0 Å². The van der Waals surface area contributed by atoms with Crippen molar-refractivity contribution in [2.24, 2.45) is 5.73 Å². The quantitative estimate of drug-likeness (QED) is 0.868. The standard InChI is InChI=1S/C14H13FN2O/c15-11-5-3-6-12(8-11)17-9-10-4-1-2-7-13(10)14(16)18/h1-8,17H,9H2,(H2,16,18). The molecule has 0 aliphatic carbocycles.